The van der Waals surface area contributed by atoms with Gasteiger partial charge in [-0.2, -0.15) is 4.39 Å². The monoisotopic (exact) mass is 494 g/mol. The van der Waals surface area contributed by atoms with Crippen molar-refractivity contribution in [2.45, 2.75) is 11.7 Å². The second-order valence-corrected chi connectivity index (χ2v) is 7.95. The summed E-state index contributed by atoms with van der Waals surface area (Å²) in [5.74, 6) is -2.06. The van der Waals surface area contributed by atoms with Gasteiger partial charge >= 0.3 is 0 Å². The van der Waals surface area contributed by atoms with E-state index in [0.29, 0.717) is 28.1 Å². The van der Waals surface area contributed by atoms with Gasteiger partial charge in [-0.1, -0.05) is 23.2 Å². The lowest BCUT2D eigenvalue weighted by Gasteiger charge is -2.22. The molecule has 0 radical (unpaired) electrons. The van der Waals surface area contributed by atoms with Crippen molar-refractivity contribution in [1.82, 2.24) is 20.2 Å². The van der Waals surface area contributed by atoms with Crippen LogP contribution in [0.15, 0.2) is 30.6 Å². The maximum absolute atomic E-state index is 13.4. The summed E-state index contributed by atoms with van der Waals surface area (Å²) in [4.78, 5) is 34.4. The Morgan fingerprint density at radius 3 is 2.61 bits per heavy atom. The van der Waals surface area contributed by atoms with E-state index in [0.717, 1.165) is 0 Å². The fourth-order valence-corrected chi connectivity index (χ4v) is 3.08. The van der Waals surface area contributed by atoms with Crippen LogP contribution in [0, 0.1) is 17.9 Å². The Bertz CT molecular complexity index is 1180. The van der Waals surface area contributed by atoms with Gasteiger partial charge in [0.15, 0.2) is 5.82 Å². The zero-order valence-corrected chi connectivity index (χ0v) is 18.9. The van der Waals surface area contributed by atoms with Gasteiger partial charge in [0.05, 0.1) is 16.2 Å². The second kappa shape index (κ2) is 10.6. The average Bonchev–Trinajstić information content (AvgIpc) is 2.75. The summed E-state index contributed by atoms with van der Waals surface area (Å²) in [5, 5.41) is 8.30. The zero-order valence-electron chi connectivity index (χ0n) is 17.4. The molecule has 33 heavy (non-hydrogen) atoms. The van der Waals surface area contributed by atoms with Gasteiger partial charge in [-0.25, -0.2) is 14.4 Å². The van der Waals surface area contributed by atoms with Crippen LogP contribution in [-0.2, 0) is 9.59 Å². The molecule has 0 saturated carbocycles. The number of aromatic nitrogens is 2. The molecular formula is C21H18Cl2F2N6O2. The van der Waals surface area contributed by atoms with Gasteiger partial charge in [0.2, 0.25) is 5.91 Å². The summed E-state index contributed by atoms with van der Waals surface area (Å²) in [6, 6.07) is 10.00. The number of amides is 2. The van der Waals surface area contributed by atoms with Crippen LogP contribution in [0.3, 0.4) is 0 Å². The van der Waals surface area contributed by atoms with Crippen LogP contribution in [0.4, 0.5) is 26.0 Å². The van der Waals surface area contributed by atoms with E-state index in [1.54, 1.807) is 37.2 Å². The number of nitrogens with one attached hydrogen (secondary N) is 3. The Balaban J connectivity index is 1.85. The van der Waals surface area contributed by atoms with Gasteiger partial charge in [-0.05, 0) is 50.5 Å². The zero-order chi connectivity index (χ0) is 24.1. The number of benzene rings is 1. The fourth-order valence-electron chi connectivity index (χ4n) is 2.86. The molecule has 3 rings (SSSR count). The SMILES string of the molecule is CN(C)C[C@H](NC(=O)C(F)Cl)C(=O)Nc1ccc2ncnc(Nc3c#cc(F)c(Cl)c3)c2c1. The number of likely N-dealkylation sites (N-methyl/N-ethyl adjacent to an activating group) is 1. The van der Waals surface area contributed by atoms with E-state index in [2.05, 4.69) is 38.1 Å². The molecule has 2 atom stereocenters. The third-order valence-corrected chi connectivity index (χ3v) is 4.80. The van der Waals surface area contributed by atoms with E-state index in [-0.39, 0.29) is 11.6 Å². The summed E-state index contributed by atoms with van der Waals surface area (Å²) in [6.07, 6.45) is 1.33. The standard InChI is InChI=1S/C21H18Cl2F2N6O2/c1-31(2)9-17(30-21(33)18(23)25)20(32)29-11-4-6-16-13(7-11)19(27-10-26-16)28-12-3-5-15(24)14(22)8-12/h4,6-8,10,17-18H,9H2,1-2H3,(H,29,32)(H,30,33)(H,26,27,28)/t17-,18?/m0/s1. The van der Waals surface area contributed by atoms with Crippen LogP contribution in [0.5, 0.6) is 0 Å². The fraction of sp³-hybridized carbons (Fsp3) is 0.238. The second-order valence-electron chi connectivity index (χ2n) is 7.16. The number of nitrogens with zero attached hydrogens (tertiary/aromatic N) is 3. The van der Waals surface area contributed by atoms with Crippen molar-refractivity contribution in [2.24, 2.45) is 0 Å². The van der Waals surface area contributed by atoms with E-state index in [9.17, 15) is 18.4 Å². The first-order valence-electron chi connectivity index (χ1n) is 9.49. The van der Waals surface area contributed by atoms with Crippen molar-refractivity contribution < 1.29 is 18.4 Å². The lowest BCUT2D eigenvalue weighted by molar-refractivity contribution is -0.128. The third kappa shape index (κ3) is 6.38. The van der Waals surface area contributed by atoms with Crippen molar-refractivity contribution in [3.05, 3.63) is 53.6 Å². The van der Waals surface area contributed by atoms with Crippen LogP contribution in [-0.4, -0.2) is 59.0 Å². The van der Waals surface area contributed by atoms with Crippen LogP contribution in [0.25, 0.3) is 10.9 Å². The van der Waals surface area contributed by atoms with Gasteiger partial charge in [-0.3, -0.25) is 9.59 Å². The maximum atomic E-state index is 13.4. The highest BCUT2D eigenvalue weighted by Crippen LogP contribution is 2.26. The molecular weight excluding hydrogens is 477 g/mol. The van der Waals surface area contributed by atoms with Gasteiger partial charge in [-0.15, -0.1) is 0 Å². The molecule has 0 aliphatic carbocycles. The highest BCUT2D eigenvalue weighted by atomic mass is 35.5. The number of carbonyl (C=O) groups is 2. The van der Waals surface area contributed by atoms with E-state index >= 15 is 0 Å². The number of alkyl halides is 2. The number of halogens is 4. The number of hydrogen-bond donors (Lipinski definition) is 3. The first-order valence-corrected chi connectivity index (χ1v) is 10.3. The molecule has 12 heteroatoms. The molecule has 0 fully saturated rings. The molecule has 2 amide bonds. The normalized spacial score (nSPS) is 12.7. The van der Waals surface area contributed by atoms with E-state index < -0.39 is 29.3 Å². The van der Waals surface area contributed by atoms with Crippen LogP contribution in [0.1, 0.15) is 0 Å². The van der Waals surface area contributed by atoms with Crippen molar-refractivity contribution in [1.29, 1.82) is 0 Å². The summed E-state index contributed by atoms with van der Waals surface area (Å²) < 4.78 is 26.4. The molecule has 1 aromatic heterocycles. The molecule has 0 bridgehead atoms. The maximum Gasteiger partial charge on any atom is 0.270 e. The topological polar surface area (TPSA) is 99.3 Å². The highest BCUT2D eigenvalue weighted by molar-refractivity contribution is 6.31. The molecule has 3 N–H and O–H groups in total. The number of carbonyl (C=O) groups excluding carboxylic acids is 2. The lowest BCUT2D eigenvalue weighted by atomic mass is 10.2. The molecule has 0 aliphatic heterocycles. The minimum absolute atomic E-state index is 0.113. The predicted molar refractivity (Wildman–Crippen MR) is 122 cm³/mol. The molecule has 2 aromatic carbocycles. The molecule has 0 aliphatic rings. The number of fused-ring (bicyclic) bond motifs is 1. The summed E-state index contributed by atoms with van der Waals surface area (Å²) >= 11 is 11.0. The molecule has 8 nitrogen and oxygen atoms in total. The van der Waals surface area contributed by atoms with E-state index in [1.165, 1.54) is 12.4 Å². The predicted octanol–water partition coefficient (Wildman–Crippen LogP) is 3.29. The number of hydrogen-bond acceptors (Lipinski definition) is 6. The lowest BCUT2D eigenvalue weighted by Crippen LogP contribution is -2.50. The largest absolute Gasteiger partial charge is 0.339 e. The van der Waals surface area contributed by atoms with Crippen molar-refractivity contribution in [3.63, 3.8) is 0 Å². The minimum Gasteiger partial charge on any atom is -0.339 e. The quantitative estimate of drug-likeness (QED) is 0.415. The Morgan fingerprint density at radius 1 is 1.18 bits per heavy atom. The van der Waals surface area contributed by atoms with Crippen molar-refractivity contribution in [2.75, 3.05) is 31.3 Å². The Morgan fingerprint density at radius 2 is 1.94 bits per heavy atom. The summed E-state index contributed by atoms with van der Waals surface area (Å²) in [6.45, 7) is 0.113. The van der Waals surface area contributed by atoms with Crippen LogP contribution < -0.4 is 16.0 Å². The molecule has 172 valence electrons. The highest BCUT2D eigenvalue weighted by Gasteiger charge is 2.25. The van der Waals surface area contributed by atoms with Gasteiger partial charge in [0, 0.05) is 17.6 Å². The molecule has 3 aromatic rings. The summed E-state index contributed by atoms with van der Waals surface area (Å²) in [5.41, 5.74) is -1.02. The number of anilines is 3. The summed E-state index contributed by atoms with van der Waals surface area (Å²) in [7, 11) is 3.39. The third-order valence-electron chi connectivity index (χ3n) is 4.32. The first-order chi connectivity index (χ1) is 15.6. The van der Waals surface area contributed by atoms with Gasteiger partial charge < -0.3 is 20.9 Å². The molecule has 0 spiro atoms. The molecule has 1 heterocycles. The van der Waals surface area contributed by atoms with Gasteiger partial charge in [0.1, 0.15) is 18.2 Å². The molecule has 1 unspecified atom stereocenters. The molecule has 0 saturated heterocycles. The van der Waals surface area contributed by atoms with Crippen molar-refractivity contribution >= 4 is 63.1 Å². The Labute approximate surface area is 198 Å². The van der Waals surface area contributed by atoms with E-state index in [4.69, 9.17) is 23.2 Å². The van der Waals surface area contributed by atoms with Crippen LogP contribution in [0.2, 0.25) is 5.02 Å². The Kier molecular flexibility index (Phi) is 7.81. The van der Waals surface area contributed by atoms with Crippen LogP contribution >= 0.6 is 23.2 Å². The number of rotatable bonds is 8. The van der Waals surface area contributed by atoms with E-state index in [1.807, 2.05) is 0 Å². The Hall–Kier alpha value is -3.26. The first kappa shape index (κ1) is 24.4. The smallest absolute Gasteiger partial charge is 0.270 e. The average molecular weight is 495 g/mol. The van der Waals surface area contributed by atoms with Crippen molar-refractivity contribution in [3.8, 4) is 0 Å². The minimum atomic E-state index is -2.28. The van der Waals surface area contributed by atoms with Gasteiger partial charge in [0.25, 0.3) is 11.5 Å².